The third kappa shape index (κ3) is 4.10. The predicted octanol–water partition coefficient (Wildman–Crippen LogP) is 5.11. The lowest BCUT2D eigenvalue weighted by atomic mass is 10.2. The summed E-state index contributed by atoms with van der Waals surface area (Å²) in [4.78, 5) is 25.1. The quantitative estimate of drug-likeness (QED) is 0.653. The molecule has 132 valence electrons. The number of hydrogen-bond acceptors (Lipinski definition) is 2. The Balaban J connectivity index is 1.88. The maximum Gasteiger partial charge on any atom is 0.263 e. The lowest BCUT2D eigenvalue weighted by Crippen LogP contribution is -2.29. The minimum atomic E-state index is -0.503. The van der Waals surface area contributed by atoms with Crippen molar-refractivity contribution in [2.45, 2.75) is 6.54 Å². The lowest BCUT2D eigenvalue weighted by molar-refractivity contribution is 0.102. The van der Waals surface area contributed by atoms with Crippen LogP contribution in [0.15, 0.2) is 65.6 Å². The highest BCUT2D eigenvalue weighted by molar-refractivity contribution is 6.36. The SMILES string of the molecule is O=C(Nc1ccc(Cl)cc1)c1cccn(Cc2c(Cl)cccc2Cl)c1=O. The first-order chi connectivity index (χ1) is 12.5. The van der Waals surface area contributed by atoms with E-state index in [1.165, 1.54) is 10.6 Å². The molecule has 7 heteroatoms. The van der Waals surface area contributed by atoms with Gasteiger partial charge in [-0.3, -0.25) is 9.59 Å². The smallest absolute Gasteiger partial charge is 0.263 e. The second kappa shape index (κ2) is 7.96. The van der Waals surface area contributed by atoms with Crippen LogP contribution in [-0.4, -0.2) is 10.5 Å². The van der Waals surface area contributed by atoms with Gasteiger partial charge in [-0.2, -0.15) is 0 Å². The van der Waals surface area contributed by atoms with Gasteiger partial charge in [-0.05, 0) is 48.5 Å². The van der Waals surface area contributed by atoms with E-state index < -0.39 is 11.5 Å². The number of rotatable bonds is 4. The number of pyridine rings is 1. The molecular weight excluding hydrogens is 395 g/mol. The Kier molecular flexibility index (Phi) is 5.67. The van der Waals surface area contributed by atoms with Crippen molar-refractivity contribution in [2.75, 3.05) is 5.32 Å². The molecule has 0 bridgehead atoms. The predicted molar refractivity (Wildman–Crippen MR) is 106 cm³/mol. The third-order valence-electron chi connectivity index (χ3n) is 3.76. The van der Waals surface area contributed by atoms with Gasteiger partial charge >= 0.3 is 0 Å². The number of carbonyl (C=O) groups is 1. The summed E-state index contributed by atoms with van der Waals surface area (Å²) in [5, 5.41) is 4.15. The van der Waals surface area contributed by atoms with E-state index in [4.69, 9.17) is 34.8 Å². The van der Waals surface area contributed by atoms with E-state index in [-0.39, 0.29) is 12.1 Å². The van der Waals surface area contributed by atoms with E-state index >= 15 is 0 Å². The van der Waals surface area contributed by atoms with Gasteiger partial charge in [-0.15, -0.1) is 0 Å². The Morgan fingerprint density at radius 3 is 2.23 bits per heavy atom. The second-order valence-electron chi connectivity index (χ2n) is 5.52. The van der Waals surface area contributed by atoms with Crippen LogP contribution in [0.4, 0.5) is 5.69 Å². The van der Waals surface area contributed by atoms with Gasteiger partial charge < -0.3 is 9.88 Å². The number of carbonyl (C=O) groups excluding carboxylic acids is 1. The Morgan fingerprint density at radius 2 is 1.58 bits per heavy atom. The fourth-order valence-electron chi connectivity index (χ4n) is 2.42. The van der Waals surface area contributed by atoms with Crippen molar-refractivity contribution in [2.24, 2.45) is 0 Å². The van der Waals surface area contributed by atoms with Crippen molar-refractivity contribution < 1.29 is 4.79 Å². The van der Waals surface area contributed by atoms with Gasteiger partial charge in [0.1, 0.15) is 5.56 Å². The third-order valence-corrected chi connectivity index (χ3v) is 4.72. The normalized spacial score (nSPS) is 10.6. The number of nitrogens with zero attached hydrogens (tertiary/aromatic N) is 1. The maximum absolute atomic E-state index is 12.7. The average Bonchev–Trinajstić information content (AvgIpc) is 2.61. The van der Waals surface area contributed by atoms with Crippen LogP contribution >= 0.6 is 34.8 Å². The minimum absolute atomic E-state index is 0.0191. The van der Waals surface area contributed by atoms with E-state index in [1.807, 2.05) is 0 Å². The molecule has 3 aromatic rings. The summed E-state index contributed by atoms with van der Waals surface area (Å²) in [6.07, 6.45) is 1.58. The first-order valence-corrected chi connectivity index (χ1v) is 8.78. The van der Waals surface area contributed by atoms with Crippen molar-refractivity contribution in [3.63, 3.8) is 0 Å². The van der Waals surface area contributed by atoms with E-state index in [0.717, 1.165) is 0 Å². The van der Waals surface area contributed by atoms with Crippen molar-refractivity contribution in [1.82, 2.24) is 4.57 Å². The highest BCUT2D eigenvalue weighted by Gasteiger charge is 2.14. The number of anilines is 1. The largest absolute Gasteiger partial charge is 0.322 e. The number of nitrogens with one attached hydrogen (secondary N) is 1. The molecule has 0 aliphatic rings. The molecule has 0 aliphatic heterocycles. The van der Waals surface area contributed by atoms with Gasteiger partial charge in [0.2, 0.25) is 0 Å². The van der Waals surface area contributed by atoms with Crippen LogP contribution in [0.3, 0.4) is 0 Å². The van der Waals surface area contributed by atoms with Crippen LogP contribution in [-0.2, 0) is 6.54 Å². The Hall–Kier alpha value is -2.27. The second-order valence-corrected chi connectivity index (χ2v) is 6.77. The van der Waals surface area contributed by atoms with Crippen LogP contribution in [0.2, 0.25) is 15.1 Å². The standard InChI is InChI=1S/C19H13Cl3N2O2/c20-12-6-8-13(9-7-12)23-18(25)14-3-2-10-24(19(14)26)11-15-16(21)4-1-5-17(15)22/h1-10H,11H2,(H,23,25). The average molecular weight is 408 g/mol. The first kappa shape index (κ1) is 18.5. The van der Waals surface area contributed by atoms with Gasteiger partial charge in [0.15, 0.2) is 0 Å². The van der Waals surface area contributed by atoms with Crippen LogP contribution in [0.5, 0.6) is 0 Å². The summed E-state index contributed by atoms with van der Waals surface area (Å²) in [7, 11) is 0. The molecule has 0 aliphatic carbocycles. The summed E-state index contributed by atoms with van der Waals surface area (Å²) in [6, 6.07) is 14.8. The highest BCUT2D eigenvalue weighted by Crippen LogP contribution is 2.24. The zero-order chi connectivity index (χ0) is 18.7. The van der Waals surface area contributed by atoms with Gasteiger partial charge in [-0.25, -0.2) is 0 Å². The fraction of sp³-hybridized carbons (Fsp3) is 0.0526. The van der Waals surface area contributed by atoms with Gasteiger partial charge in [-0.1, -0.05) is 40.9 Å². The minimum Gasteiger partial charge on any atom is -0.322 e. The Morgan fingerprint density at radius 1 is 0.923 bits per heavy atom. The molecule has 26 heavy (non-hydrogen) atoms. The summed E-state index contributed by atoms with van der Waals surface area (Å²) in [5.74, 6) is -0.503. The molecule has 0 spiro atoms. The molecule has 1 heterocycles. The zero-order valence-corrected chi connectivity index (χ0v) is 15.6. The summed E-state index contributed by atoms with van der Waals surface area (Å²) in [5.41, 5.74) is 0.747. The number of halogens is 3. The number of benzene rings is 2. The van der Waals surface area contributed by atoms with E-state index in [9.17, 15) is 9.59 Å². The van der Waals surface area contributed by atoms with Crippen molar-refractivity contribution in [3.05, 3.63) is 97.3 Å². The molecule has 4 nitrogen and oxygen atoms in total. The summed E-state index contributed by atoms with van der Waals surface area (Å²) < 4.78 is 1.39. The fourth-order valence-corrected chi connectivity index (χ4v) is 3.06. The molecule has 0 saturated heterocycles. The molecular formula is C19H13Cl3N2O2. The van der Waals surface area contributed by atoms with Crippen molar-refractivity contribution in [1.29, 1.82) is 0 Å². The lowest BCUT2D eigenvalue weighted by Gasteiger charge is -2.11. The molecule has 2 aromatic carbocycles. The Bertz CT molecular complexity index is 994. The monoisotopic (exact) mass is 406 g/mol. The van der Waals surface area contributed by atoms with Crippen molar-refractivity contribution in [3.8, 4) is 0 Å². The van der Waals surface area contributed by atoms with Crippen LogP contribution < -0.4 is 10.9 Å². The van der Waals surface area contributed by atoms with Crippen LogP contribution in [0, 0.1) is 0 Å². The summed E-state index contributed by atoms with van der Waals surface area (Å²) in [6.45, 7) is 0.166. The molecule has 1 N–H and O–H groups in total. The molecule has 1 aromatic heterocycles. The van der Waals surface area contributed by atoms with Gasteiger partial charge in [0, 0.05) is 32.5 Å². The molecule has 0 radical (unpaired) electrons. The van der Waals surface area contributed by atoms with Crippen LogP contribution in [0.25, 0.3) is 0 Å². The molecule has 3 rings (SSSR count). The highest BCUT2D eigenvalue weighted by atomic mass is 35.5. The Labute approximate surface area is 164 Å². The van der Waals surface area contributed by atoms with Gasteiger partial charge in [0.25, 0.3) is 11.5 Å². The van der Waals surface area contributed by atoms with Crippen LogP contribution in [0.1, 0.15) is 15.9 Å². The van der Waals surface area contributed by atoms with E-state index in [2.05, 4.69) is 5.32 Å². The first-order valence-electron chi connectivity index (χ1n) is 7.65. The molecule has 0 saturated carbocycles. The van der Waals surface area contributed by atoms with Gasteiger partial charge in [0.05, 0.1) is 6.54 Å². The molecule has 1 amide bonds. The number of amides is 1. The number of hydrogen-bond donors (Lipinski definition) is 1. The molecule has 0 fully saturated rings. The molecule has 0 unspecified atom stereocenters. The number of aromatic nitrogens is 1. The maximum atomic E-state index is 12.7. The van der Waals surface area contributed by atoms with E-state index in [0.29, 0.717) is 26.3 Å². The van der Waals surface area contributed by atoms with E-state index in [1.54, 1.807) is 54.7 Å². The topological polar surface area (TPSA) is 51.1 Å². The zero-order valence-electron chi connectivity index (χ0n) is 13.4. The van der Waals surface area contributed by atoms with Crippen molar-refractivity contribution >= 4 is 46.4 Å². The summed E-state index contributed by atoms with van der Waals surface area (Å²) >= 11 is 18.2. The molecule has 0 atom stereocenters.